The first kappa shape index (κ1) is 12.3. The van der Waals surface area contributed by atoms with E-state index in [0.717, 1.165) is 30.9 Å². The molecule has 0 aliphatic carbocycles. The minimum Gasteiger partial charge on any atom is -0.311 e. The summed E-state index contributed by atoms with van der Waals surface area (Å²) >= 11 is 0. The summed E-state index contributed by atoms with van der Waals surface area (Å²) in [5.74, 6) is 0. The highest BCUT2D eigenvalue weighted by Crippen LogP contribution is 2.11. The number of nitriles is 1. The number of aromatic nitrogens is 3. The molecule has 0 saturated heterocycles. The predicted molar refractivity (Wildman–Crippen MR) is 68.1 cm³/mol. The lowest BCUT2D eigenvalue weighted by Crippen LogP contribution is -2.16. The molecule has 5 nitrogen and oxygen atoms in total. The molecule has 0 radical (unpaired) electrons. The SMILES string of the molecule is CCCNCc1cnnn1-c1cccc(C#N)c1. The van der Waals surface area contributed by atoms with Crippen LogP contribution in [0.2, 0.25) is 0 Å². The molecule has 0 amide bonds. The second-order valence-corrected chi connectivity index (χ2v) is 3.98. The van der Waals surface area contributed by atoms with Crippen molar-refractivity contribution in [1.29, 1.82) is 5.26 Å². The Balaban J connectivity index is 2.22. The third-order valence-corrected chi connectivity index (χ3v) is 2.57. The fourth-order valence-corrected chi connectivity index (χ4v) is 1.69. The van der Waals surface area contributed by atoms with Gasteiger partial charge in [-0.15, -0.1) is 5.10 Å². The molecule has 0 aliphatic rings. The number of nitrogens with zero attached hydrogens (tertiary/aromatic N) is 4. The standard InChI is InChI=1S/C13H15N5/c1-2-6-15-9-13-10-16-17-18(13)12-5-3-4-11(7-12)8-14/h3-5,7,10,15H,2,6,9H2,1H3. The van der Waals surface area contributed by atoms with Crippen LogP contribution < -0.4 is 5.32 Å². The van der Waals surface area contributed by atoms with Crippen LogP contribution in [0, 0.1) is 11.3 Å². The van der Waals surface area contributed by atoms with E-state index in [1.807, 2.05) is 12.1 Å². The van der Waals surface area contributed by atoms with E-state index in [1.54, 1.807) is 23.0 Å². The lowest BCUT2D eigenvalue weighted by Gasteiger charge is -2.07. The summed E-state index contributed by atoms with van der Waals surface area (Å²) in [7, 11) is 0. The number of hydrogen-bond donors (Lipinski definition) is 1. The highest BCUT2D eigenvalue weighted by molar-refractivity contribution is 5.41. The Kier molecular flexibility index (Phi) is 4.05. The van der Waals surface area contributed by atoms with Crippen molar-refractivity contribution in [3.8, 4) is 11.8 Å². The van der Waals surface area contributed by atoms with Gasteiger partial charge in [0, 0.05) is 6.54 Å². The van der Waals surface area contributed by atoms with Crippen molar-refractivity contribution >= 4 is 0 Å². The first-order valence-electron chi connectivity index (χ1n) is 5.96. The Morgan fingerprint density at radius 2 is 2.33 bits per heavy atom. The molecule has 2 rings (SSSR count). The maximum atomic E-state index is 8.89. The summed E-state index contributed by atoms with van der Waals surface area (Å²) in [4.78, 5) is 0. The van der Waals surface area contributed by atoms with Gasteiger partial charge in [-0.3, -0.25) is 0 Å². The summed E-state index contributed by atoms with van der Waals surface area (Å²) < 4.78 is 1.75. The van der Waals surface area contributed by atoms with Crippen LogP contribution >= 0.6 is 0 Å². The lowest BCUT2D eigenvalue weighted by atomic mass is 10.2. The fraction of sp³-hybridized carbons (Fsp3) is 0.308. The molecule has 0 fully saturated rings. The fourth-order valence-electron chi connectivity index (χ4n) is 1.69. The van der Waals surface area contributed by atoms with Gasteiger partial charge in [0.15, 0.2) is 0 Å². The molecule has 92 valence electrons. The topological polar surface area (TPSA) is 66.5 Å². The van der Waals surface area contributed by atoms with Crippen molar-refractivity contribution in [2.75, 3.05) is 6.54 Å². The monoisotopic (exact) mass is 241 g/mol. The van der Waals surface area contributed by atoms with Crippen LogP contribution in [-0.4, -0.2) is 21.5 Å². The highest BCUT2D eigenvalue weighted by atomic mass is 15.4. The van der Waals surface area contributed by atoms with Crippen molar-refractivity contribution in [2.45, 2.75) is 19.9 Å². The summed E-state index contributed by atoms with van der Waals surface area (Å²) in [6.45, 7) is 3.81. The molecule has 0 unspecified atom stereocenters. The van der Waals surface area contributed by atoms with E-state index in [-0.39, 0.29) is 0 Å². The van der Waals surface area contributed by atoms with Crippen LogP contribution in [0.25, 0.3) is 5.69 Å². The van der Waals surface area contributed by atoms with Crippen molar-refractivity contribution in [1.82, 2.24) is 20.3 Å². The largest absolute Gasteiger partial charge is 0.311 e. The molecule has 0 spiro atoms. The summed E-state index contributed by atoms with van der Waals surface area (Å²) in [5.41, 5.74) is 2.47. The number of benzene rings is 1. The molecule has 0 atom stereocenters. The van der Waals surface area contributed by atoms with E-state index in [0.29, 0.717) is 5.56 Å². The number of rotatable bonds is 5. The molecule has 1 aromatic heterocycles. The Labute approximate surface area is 106 Å². The smallest absolute Gasteiger partial charge is 0.0992 e. The first-order valence-corrected chi connectivity index (χ1v) is 5.96. The number of nitrogens with one attached hydrogen (secondary N) is 1. The Bertz CT molecular complexity index is 553. The minimum atomic E-state index is 0.621. The van der Waals surface area contributed by atoms with Gasteiger partial charge in [0.1, 0.15) is 0 Å². The van der Waals surface area contributed by atoms with E-state index >= 15 is 0 Å². The van der Waals surface area contributed by atoms with E-state index < -0.39 is 0 Å². The molecule has 1 aromatic carbocycles. The van der Waals surface area contributed by atoms with Crippen LogP contribution in [-0.2, 0) is 6.54 Å². The van der Waals surface area contributed by atoms with Crippen molar-refractivity contribution in [2.24, 2.45) is 0 Å². The Hall–Kier alpha value is -2.19. The second-order valence-electron chi connectivity index (χ2n) is 3.98. The molecule has 0 bridgehead atoms. The normalized spacial score (nSPS) is 10.2. The molecule has 5 heteroatoms. The van der Waals surface area contributed by atoms with E-state index in [4.69, 9.17) is 5.26 Å². The average molecular weight is 241 g/mol. The van der Waals surface area contributed by atoms with E-state index in [1.165, 1.54) is 0 Å². The Morgan fingerprint density at radius 1 is 1.44 bits per heavy atom. The van der Waals surface area contributed by atoms with Crippen LogP contribution in [0.3, 0.4) is 0 Å². The van der Waals surface area contributed by atoms with Gasteiger partial charge in [-0.25, -0.2) is 4.68 Å². The van der Waals surface area contributed by atoms with Gasteiger partial charge >= 0.3 is 0 Å². The molecule has 18 heavy (non-hydrogen) atoms. The zero-order valence-electron chi connectivity index (χ0n) is 10.3. The van der Waals surface area contributed by atoms with Gasteiger partial charge in [-0.05, 0) is 31.2 Å². The van der Waals surface area contributed by atoms with Gasteiger partial charge in [0.25, 0.3) is 0 Å². The maximum Gasteiger partial charge on any atom is 0.0992 e. The van der Waals surface area contributed by atoms with Crippen molar-refractivity contribution < 1.29 is 0 Å². The Morgan fingerprint density at radius 3 is 3.11 bits per heavy atom. The van der Waals surface area contributed by atoms with Crippen LogP contribution in [0.1, 0.15) is 24.6 Å². The van der Waals surface area contributed by atoms with Crippen molar-refractivity contribution in [3.63, 3.8) is 0 Å². The van der Waals surface area contributed by atoms with Gasteiger partial charge in [0.2, 0.25) is 0 Å². The molecule has 0 saturated carbocycles. The van der Waals surface area contributed by atoms with Gasteiger partial charge in [-0.2, -0.15) is 5.26 Å². The summed E-state index contributed by atoms with van der Waals surface area (Å²) in [5, 5.41) is 20.2. The predicted octanol–water partition coefficient (Wildman–Crippen LogP) is 1.64. The summed E-state index contributed by atoms with van der Waals surface area (Å²) in [6.07, 6.45) is 2.83. The van der Waals surface area contributed by atoms with E-state index in [9.17, 15) is 0 Å². The molecule has 1 heterocycles. The van der Waals surface area contributed by atoms with Crippen LogP contribution in [0.5, 0.6) is 0 Å². The van der Waals surface area contributed by atoms with Crippen LogP contribution in [0.15, 0.2) is 30.5 Å². The molecule has 0 aliphatic heterocycles. The third-order valence-electron chi connectivity index (χ3n) is 2.57. The quantitative estimate of drug-likeness (QED) is 0.808. The van der Waals surface area contributed by atoms with Gasteiger partial charge < -0.3 is 5.32 Å². The van der Waals surface area contributed by atoms with Crippen LogP contribution in [0.4, 0.5) is 0 Å². The molecular formula is C13H15N5. The highest BCUT2D eigenvalue weighted by Gasteiger charge is 2.06. The molecule has 1 N–H and O–H groups in total. The zero-order chi connectivity index (χ0) is 12.8. The van der Waals surface area contributed by atoms with Crippen molar-refractivity contribution in [3.05, 3.63) is 41.7 Å². The van der Waals surface area contributed by atoms with E-state index in [2.05, 4.69) is 28.6 Å². The lowest BCUT2D eigenvalue weighted by molar-refractivity contribution is 0.641. The molecule has 2 aromatic rings. The third kappa shape index (κ3) is 2.73. The van der Waals surface area contributed by atoms with Gasteiger partial charge in [0.05, 0.1) is 29.2 Å². The first-order chi connectivity index (χ1) is 8.85. The maximum absolute atomic E-state index is 8.89. The zero-order valence-corrected chi connectivity index (χ0v) is 10.3. The second kappa shape index (κ2) is 5.94. The number of hydrogen-bond acceptors (Lipinski definition) is 4. The summed E-state index contributed by atoms with van der Waals surface area (Å²) in [6, 6.07) is 9.46. The average Bonchev–Trinajstić information content (AvgIpc) is 2.87. The minimum absolute atomic E-state index is 0.621. The molecular weight excluding hydrogens is 226 g/mol. The van der Waals surface area contributed by atoms with Gasteiger partial charge in [-0.1, -0.05) is 18.2 Å².